The van der Waals surface area contributed by atoms with Gasteiger partial charge in [-0.05, 0) is 28.6 Å². The lowest BCUT2D eigenvalue weighted by Crippen LogP contribution is -2.30. The Kier molecular flexibility index (Phi) is 3.42. The van der Waals surface area contributed by atoms with Crippen LogP contribution in [0.3, 0.4) is 0 Å². The maximum atomic E-state index is 11.1. The van der Waals surface area contributed by atoms with Crippen LogP contribution >= 0.6 is 0 Å². The van der Waals surface area contributed by atoms with E-state index in [2.05, 4.69) is 5.43 Å². The van der Waals surface area contributed by atoms with E-state index in [-0.39, 0.29) is 0 Å². The van der Waals surface area contributed by atoms with Gasteiger partial charge < -0.3 is 9.56 Å². The molecule has 0 amide bonds. The Balaban J connectivity index is 2.74. The molecule has 0 aliphatic heterocycles. The van der Waals surface area contributed by atoms with E-state index in [1.165, 1.54) is 0 Å². The fourth-order valence-electron chi connectivity index (χ4n) is 1.82. The molecule has 1 unspecified atom stereocenters. The molecule has 5 heteroatoms. The van der Waals surface area contributed by atoms with E-state index in [0.29, 0.717) is 4.90 Å². The zero-order valence-electron chi connectivity index (χ0n) is 9.64. The molecule has 0 bridgehead atoms. The van der Waals surface area contributed by atoms with Crippen molar-refractivity contribution < 1.29 is 8.76 Å². The molecular formula is C12H13N2O2S-. The predicted molar refractivity (Wildman–Crippen MR) is 68.6 cm³/mol. The topological polar surface area (TPSA) is 55.4 Å². The highest BCUT2D eigenvalue weighted by Crippen LogP contribution is 2.28. The predicted octanol–water partition coefficient (Wildman–Crippen LogP) is 1.65. The summed E-state index contributed by atoms with van der Waals surface area (Å²) in [5.41, 5.74) is 3.94. The molecule has 0 fully saturated rings. The van der Waals surface area contributed by atoms with E-state index < -0.39 is 11.1 Å². The molecule has 2 aromatic carbocycles. The minimum atomic E-state index is -2.22. The molecule has 0 aromatic heterocycles. The van der Waals surface area contributed by atoms with Gasteiger partial charge in [-0.3, -0.25) is 4.21 Å². The quantitative estimate of drug-likeness (QED) is 0.664. The summed E-state index contributed by atoms with van der Waals surface area (Å²) in [5.74, 6) is 0. The van der Waals surface area contributed by atoms with Crippen molar-refractivity contribution in [3.63, 3.8) is 0 Å². The van der Waals surface area contributed by atoms with E-state index in [4.69, 9.17) is 0 Å². The highest BCUT2D eigenvalue weighted by Gasteiger charge is 2.07. The normalized spacial score (nSPS) is 12.6. The average Bonchev–Trinajstić information content (AvgIpc) is 2.36. The van der Waals surface area contributed by atoms with Crippen molar-refractivity contribution >= 4 is 27.5 Å². The maximum Gasteiger partial charge on any atom is 0.0595 e. The Morgan fingerprint density at radius 2 is 1.82 bits per heavy atom. The summed E-state index contributed by atoms with van der Waals surface area (Å²) in [6, 6.07) is 10.9. The minimum Gasteiger partial charge on any atom is -0.768 e. The van der Waals surface area contributed by atoms with Gasteiger partial charge in [0.2, 0.25) is 0 Å². The second-order valence-corrected chi connectivity index (χ2v) is 4.55. The molecule has 2 aromatic rings. The highest BCUT2D eigenvalue weighted by molar-refractivity contribution is 7.79. The van der Waals surface area contributed by atoms with E-state index in [0.717, 1.165) is 16.5 Å². The zero-order valence-corrected chi connectivity index (χ0v) is 10.5. The summed E-state index contributed by atoms with van der Waals surface area (Å²) in [5, 5.41) is 3.49. The van der Waals surface area contributed by atoms with Crippen LogP contribution in [-0.4, -0.2) is 22.9 Å². The second-order valence-electron chi connectivity index (χ2n) is 3.65. The van der Waals surface area contributed by atoms with Crippen LogP contribution in [-0.2, 0) is 11.1 Å². The Morgan fingerprint density at radius 3 is 2.47 bits per heavy atom. The van der Waals surface area contributed by atoms with Crippen LogP contribution in [0, 0.1) is 0 Å². The lowest BCUT2D eigenvalue weighted by molar-refractivity contribution is 0.538. The third-order valence-electron chi connectivity index (χ3n) is 2.74. The summed E-state index contributed by atoms with van der Waals surface area (Å²) in [6.07, 6.45) is 0. The van der Waals surface area contributed by atoms with Crippen LogP contribution in [0.15, 0.2) is 41.3 Å². The van der Waals surface area contributed by atoms with Crippen molar-refractivity contribution in [3.8, 4) is 0 Å². The number of hydrogen-bond donors (Lipinski definition) is 1. The molecule has 1 atom stereocenters. The highest BCUT2D eigenvalue weighted by atomic mass is 32.2. The average molecular weight is 249 g/mol. The van der Waals surface area contributed by atoms with E-state index in [1.807, 2.05) is 43.4 Å². The van der Waals surface area contributed by atoms with Crippen molar-refractivity contribution in [1.29, 1.82) is 0 Å². The minimum absolute atomic E-state index is 0.328. The van der Waals surface area contributed by atoms with E-state index in [9.17, 15) is 8.76 Å². The van der Waals surface area contributed by atoms with Crippen molar-refractivity contribution in [2.24, 2.45) is 0 Å². The molecular weight excluding hydrogens is 236 g/mol. The number of hydrazine groups is 1. The monoisotopic (exact) mass is 249 g/mol. The molecule has 0 aliphatic rings. The molecule has 4 nitrogen and oxygen atoms in total. The molecule has 2 rings (SSSR count). The Labute approximate surface area is 103 Å². The number of nitrogens with zero attached hydrogens (tertiary/aromatic N) is 1. The van der Waals surface area contributed by atoms with Gasteiger partial charge in [0.05, 0.1) is 5.69 Å². The van der Waals surface area contributed by atoms with Crippen LogP contribution in [0.2, 0.25) is 0 Å². The first-order valence-corrected chi connectivity index (χ1v) is 6.24. The first kappa shape index (κ1) is 12.0. The second kappa shape index (κ2) is 4.83. The van der Waals surface area contributed by atoms with Gasteiger partial charge in [-0.25, -0.2) is 5.43 Å². The van der Waals surface area contributed by atoms with Gasteiger partial charge in [0, 0.05) is 24.4 Å². The number of benzene rings is 2. The Morgan fingerprint density at radius 1 is 1.18 bits per heavy atom. The summed E-state index contributed by atoms with van der Waals surface area (Å²) >= 11 is -2.22. The lowest BCUT2D eigenvalue weighted by Gasteiger charge is -2.20. The number of hydrogen-bond acceptors (Lipinski definition) is 4. The van der Waals surface area contributed by atoms with Crippen LogP contribution in [0.5, 0.6) is 0 Å². The van der Waals surface area contributed by atoms with Gasteiger partial charge in [-0.2, -0.15) is 0 Å². The van der Waals surface area contributed by atoms with Crippen molar-refractivity contribution in [3.05, 3.63) is 36.4 Å². The third-order valence-corrected chi connectivity index (χ3v) is 3.45. The number of rotatable bonds is 3. The fourth-order valence-corrected chi connectivity index (χ4v) is 2.37. The molecule has 0 heterocycles. The number of anilines is 1. The van der Waals surface area contributed by atoms with E-state index in [1.54, 1.807) is 12.1 Å². The van der Waals surface area contributed by atoms with Gasteiger partial charge in [0.15, 0.2) is 0 Å². The standard InChI is InChI=1S/C12H14N2O2S/c1-13-14(2)11-7-3-6-10-9(11)5-4-8-12(10)17(15)16/h3-8,13H,1-2H3,(H,15,16)/p-1. The Hall–Kier alpha value is -1.43. The third kappa shape index (κ3) is 2.17. The van der Waals surface area contributed by atoms with Gasteiger partial charge in [-0.15, -0.1) is 0 Å². The maximum absolute atomic E-state index is 11.1. The molecule has 0 radical (unpaired) electrons. The van der Waals surface area contributed by atoms with Crippen LogP contribution in [0.25, 0.3) is 10.8 Å². The first-order valence-electron chi connectivity index (χ1n) is 5.17. The fraction of sp³-hybridized carbons (Fsp3) is 0.167. The molecule has 0 spiro atoms. The van der Waals surface area contributed by atoms with Gasteiger partial charge in [0.25, 0.3) is 0 Å². The molecule has 0 saturated heterocycles. The van der Waals surface area contributed by atoms with Crippen molar-refractivity contribution in [2.45, 2.75) is 4.90 Å². The van der Waals surface area contributed by atoms with Crippen LogP contribution in [0.1, 0.15) is 0 Å². The summed E-state index contributed by atoms with van der Waals surface area (Å²) in [4.78, 5) is 0.328. The number of nitrogens with one attached hydrogen (secondary N) is 1. The van der Waals surface area contributed by atoms with Gasteiger partial charge in [-0.1, -0.05) is 24.3 Å². The molecule has 0 aliphatic carbocycles. The zero-order chi connectivity index (χ0) is 12.4. The lowest BCUT2D eigenvalue weighted by atomic mass is 10.1. The smallest absolute Gasteiger partial charge is 0.0595 e. The molecule has 0 saturated carbocycles. The molecule has 17 heavy (non-hydrogen) atoms. The molecule has 1 N–H and O–H groups in total. The van der Waals surface area contributed by atoms with Crippen LogP contribution < -0.4 is 10.4 Å². The van der Waals surface area contributed by atoms with Crippen molar-refractivity contribution in [1.82, 2.24) is 5.43 Å². The van der Waals surface area contributed by atoms with E-state index >= 15 is 0 Å². The number of fused-ring (bicyclic) bond motifs is 1. The van der Waals surface area contributed by atoms with Crippen LogP contribution in [0.4, 0.5) is 5.69 Å². The SMILES string of the molecule is CNN(C)c1cccc2c(S(=O)[O-])cccc12. The summed E-state index contributed by atoms with van der Waals surface area (Å²) in [6.45, 7) is 0. The Bertz CT molecular complexity index is 571. The van der Waals surface area contributed by atoms with Gasteiger partial charge in [0.1, 0.15) is 0 Å². The van der Waals surface area contributed by atoms with Crippen molar-refractivity contribution in [2.75, 3.05) is 19.1 Å². The first-order chi connectivity index (χ1) is 8.15. The summed E-state index contributed by atoms with van der Waals surface area (Å²) in [7, 11) is 3.70. The summed E-state index contributed by atoms with van der Waals surface area (Å²) < 4.78 is 22.3. The molecule has 90 valence electrons. The van der Waals surface area contributed by atoms with Gasteiger partial charge >= 0.3 is 0 Å². The largest absolute Gasteiger partial charge is 0.768 e.